The van der Waals surface area contributed by atoms with Gasteiger partial charge in [0.1, 0.15) is 5.69 Å². The van der Waals surface area contributed by atoms with E-state index in [1.165, 1.54) is 10.7 Å². The van der Waals surface area contributed by atoms with E-state index in [-0.39, 0.29) is 18.5 Å². The summed E-state index contributed by atoms with van der Waals surface area (Å²) in [4.78, 5) is 34.0. The van der Waals surface area contributed by atoms with Crippen molar-refractivity contribution in [2.45, 2.75) is 18.8 Å². The average Bonchev–Trinajstić information content (AvgIpc) is 2.99. The van der Waals surface area contributed by atoms with Crippen molar-refractivity contribution < 1.29 is 8.78 Å². The number of imidazole rings is 1. The smallest absolute Gasteiger partial charge is 0.325 e. The first-order chi connectivity index (χ1) is 12.4. The fourth-order valence-corrected chi connectivity index (χ4v) is 3.77. The number of alkyl halides is 2. The van der Waals surface area contributed by atoms with Gasteiger partial charge in [-0.3, -0.25) is 9.78 Å². The zero-order valence-electron chi connectivity index (χ0n) is 13.5. The maximum Gasteiger partial charge on any atom is 0.325 e. The zero-order chi connectivity index (χ0) is 18.1. The Morgan fingerprint density at radius 1 is 1.27 bits per heavy atom. The van der Waals surface area contributed by atoms with Crippen molar-refractivity contribution in [1.29, 1.82) is 0 Å². The topological polar surface area (TPSA) is 99.2 Å². The molecule has 8 nitrogen and oxygen atoms in total. The van der Waals surface area contributed by atoms with Gasteiger partial charge in [-0.05, 0) is 12.5 Å². The number of hydrogen-bond donors (Lipinski definition) is 2. The normalized spacial score (nSPS) is 23.8. The Hall–Kier alpha value is -3.04. The molecule has 4 heterocycles. The number of anilines is 1. The van der Waals surface area contributed by atoms with E-state index in [4.69, 9.17) is 0 Å². The number of nitrogens with one attached hydrogen (secondary N) is 2. The van der Waals surface area contributed by atoms with Crippen LogP contribution >= 0.6 is 0 Å². The summed E-state index contributed by atoms with van der Waals surface area (Å²) in [5.41, 5.74) is -0.437. The highest BCUT2D eigenvalue weighted by Crippen LogP contribution is 2.65. The lowest BCUT2D eigenvalue weighted by Gasteiger charge is -2.20. The molecule has 0 radical (unpaired) electrons. The minimum absolute atomic E-state index is 0.0846. The molecular weight excluding hydrogens is 346 g/mol. The van der Waals surface area contributed by atoms with Crippen molar-refractivity contribution >= 4 is 11.3 Å². The van der Waals surface area contributed by atoms with E-state index in [0.717, 1.165) is 0 Å². The molecule has 1 atom stereocenters. The molecule has 3 aromatic rings. The number of halogens is 2. The Morgan fingerprint density at radius 2 is 2.08 bits per heavy atom. The number of rotatable bonds is 2. The van der Waals surface area contributed by atoms with Crippen molar-refractivity contribution in [3.8, 4) is 11.3 Å². The van der Waals surface area contributed by atoms with Crippen LogP contribution in [0.15, 0.2) is 34.2 Å². The van der Waals surface area contributed by atoms with Gasteiger partial charge in [-0.1, -0.05) is 0 Å². The second kappa shape index (κ2) is 4.77. The Morgan fingerprint density at radius 3 is 2.77 bits per heavy atom. The third-order valence-corrected chi connectivity index (χ3v) is 5.34. The van der Waals surface area contributed by atoms with Crippen LogP contribution in [0.25, 0.3) is 16.9 Å². The van der Waals surface area contributed by atoms with Gasteiger partial charge in [-0.25, -0.2) is 23.1 Å². The number of nitrogens with zero attached hydrogens (tertiary/aromatic N) is 4. The molecule has 5 rings (SSSR count). The number of H-pyrrole nitrogens is 2. The summed E-state index contributed by atoms with van der Waals surface area (Å²) in [5, 5.41) is 4.35. The molecule has 1 saturated heterocycles. The predicted molar refractivity (Wildman–Crippen MR) is 88.5 cm³/mol. The average molecular weight is 360 g/mol. The monoisotopic (exact) mass is 360 g/mol. The Balaban J connectivity index is 1.63. The zero-order valence-corrected chi connectivity index (χ0v) is 13.5. The van der Waals surface area contributed by atoms with Crippen molar-refractivity contribution in [1.82, 2.24) is 24.6 Å². The van der Waals surface area contributed by atoms with Crippen LogP contribution in [0.1, 0.15) is 12.8 Å². The summed E-state index contributed by atoms with van der Waals surface area (Å²) in [5.74, 6) is -2.61. The predicted octanol–water partition coefficient (Wildman–Crippen LogP) is 1.01. The van der Waals surface area contributed by atoms with Crippen LogP contribution in [0.5, 0.6) is 0 Å². The molecule has 1 unspecified atom stereocenters. The molecule has 1 saturated carbocycles. The third-order valence-electron chi connectivity index (χ3n) is 5.34. The van der Waals surface area contributed by atoms with Gasteiger partial charge in [0.05, 0.1) is 16.7 Å². The van der Waals surface area contributed by atoms with Crippen LogP contribution in [0.2, 0.25) is 0 Å². The van der Waals surface area contributed by atoms with E-state index in [2.05, 4.69) is 20.1 Å². The maximum absolute atomic E-state index is 13.7. The lowest BCUT2D eigenvalue weighted by Crippen LogP contribution is -2.25. The molecule has 0 bridgehead atoms. The summed E-state index contributed by atoms with van der Waals surface area (Å²) in [7, 11) is 0. The number of fused-ring (bicyclic) bond motifs is 1. The third kappa shape index (κ3) is 2.04. The quantitative estimate of drug-likeness (QED) is 0.711. The molecule has 2 fully saturated rings. The fraction of sp³-hybridized carbons (Fsp3) is 0.375. The van der Waals surface area contributed by atoms with Gasteiger partial charge in [0.2, 0.25) is 0 Å². The second-order valence-electron chi connectivity index (χ2n) is 6.93. The first-order valence-electron chi connectivity index (χ1n) is 8.18. The SMILES string of the molecule is O=c1[nH]cc(-c2cc(N3CCC4(C3)CC4(F)F)c3nccn3n2)c(=O)[nH]1. The first kappa shape index (κ1) is 15.2. The first-order valence-corrected chi connectivity index (χ1v) is 8.18. The van der Waals surface area contributed by atoms with Crippen molar-refractivity contribution in [2.24, 2.45) is 5.41 Å². The van der Waals surface area contributed by atoms with Gasteiger partial charge < -0.3 is 9.88 Å². The summed E-state index contributed by atoms with van der Waals surface area (Å²) in [6.07, 6.45) is 4.81. The van der Waals surface area contributed by atoms with Gasteiger partial charge in [-0.2, -0.15) is 5.10 Å². The molecule has 2 aliphatic rings. The van der Waals surface area contributed by atoms with Gasteiger partial charge in [0.25, 0.3) is 11.5 Å². The molecule has 1 aliphatic heterocycles. The van der Waals surface area contributed by atoms with E-state index in [1.54, 1.807) is 18.5 Å². The lowest BCUT2D eigenvalue weighted by atomic mass is 10.1. The molecule has 2 N–H and O–H groups in total. The largest absolute Gasteiger partial charge is 0.368 e. The summed E-state index contributed by atoms with van der Waals surface area (Å²) in [6.45, 7) is 0.734. The summed E-state index contributed by atoms with van der Waals surface area (Å²) < 4.78 is 29.0. The van der Waals surface area contributed by atoms with Gasteiger partial charge in [0, 0.05) is 38.1 Å². The second-order valence-corrected chi connectivity index (χ2v) is 6.93. The van der Waals surface area contributed by atoms with E-state index in [9.17, 15) is 18.4 Å². The highest BCUT2D eigenvalue weighted by atomic mass is 19.3. The van der Waals surface area contributed by atoms with Crippen LogP contribution in [0.3, 0.4) is 0 Å². The Bertz CT molecular complexity index is 1150. The van der Waals surface area contributed by atoms with E-state index in [1.807, 2.05) is 4.90 Å². The molecule has 1 spiro atoms. The number of aromatic amines is 2. The van der Waals surface area contributed by atoms with Crippen molar-refractivity contribution in [3.05, 3.63) is 45.5 Å². The number of hydrogen-bond acceptors (Lipinski definition) is 5. The van der Waals surface area contributed by atoms with E-state index >= 15 is 0 Å². The molecule has 3 aromatic heterocycles. The van der Waals surface area contributed by atoms with Crippen LogP contribution < -0.4 is 16.1 Å². The standard InChI is InChI=1S/C16H14F2N6O2/c17-16(18)7-15(16)1-3-23(8-15)11-5-10(22-24-4-2-19-12(11)24)9-6-20-14(26)21-13(9)25/h2,4-6H,1,3,7-8H2,(H2,20,21,25,26). The van der Waals surface area contributed by atoms with E-state index in [0.29, 0.717) is 30.0 Å². The Labute approximate surface area is 144 Å². The van der Waals surface area contributed by atoms with Crippen LogP contribution in [0, 0.1) is 5.41 Å². The van der Waals surface area contributed by atoms with Gasteiger partial charge >= 0.3 is 5.69 Å². The van der Waals surface area contributed by atoms with Crippen molar-refractivity contribution in [3.63, 3.8) is 0 Å². The highest BCUT2D eigenvalue weighted by Gasteiger charge is 2.72. The molecule has 1 aliphatic carbocycles. The summed E-state index contributed by atoms with van der Waals surface area (Å²) in [6, 6.07) is 1.66. The van der Waals surface area contributed by atoms with E-state index < -0.39 is 22.6 Å². The fourth-order valence-electron chi connectivity index (χ4n) is 3.77. The molecule has 10 heteroatoms. The minimum atomic E-state index is -2.61. The highest BCUT2D eigenvalue weighted by molar-refractivity contribution is 5.74. The number of aromatic nitrogens is 5. The van der Waals surface area contributed by atoms with Gasteiger partial charge in [-0.15, -0.1) is 0 Å². The molecular formula is C16H14F2N6O2. The summed E-state index contributed by atoms with van der Waals surface area (Å²) >= 11 is 0. The Kier molecular flexibility index (Phi) is 2.80. The van der Waals surface area contributed by atoms with Crippen LogP contribution in [0.4, 0.5) is 14.5 Å². The van der Waals surface area contributed by atoms with Crippen LogP contribution in [-0.2, 0) is 0 Å². The molecule has 0 aromatic carbocycles. The molecule has 26 heavy (non-hydrogen) atoms. The molecule has 0 amide bonds. The lowest BCUT2D eigenvalue weighted by molar-refractivity contribution is 0.0711. The molecule has 134 valence electrons. The minimum Gasteiger partial charge on any atom is -0.368 e. The maximum atomic E-state index is 13.7. The van der Waals surface area contributed by atoms with Crippen LogP contribution in [-0.4, -0.2) is 43.6 Å². The van der Waals surface area contributed by atoms with Gasteiger partial charge in [0.15, 0.2) is 5.65 Å². The van der Waals surface area contributed by atoms with Crippen molar-refractivity contribution in [2.75, 3.05) is 18.0 Å².